The maximum Gasteiger partial charge on any atom is 0.246 e. The molecule has 1 fully saturated rings. The molecule has 3 aromatic heterocycles. The van der Waals surface area contributed by atoms with Crippen molar-refractivity contribution in [2.75, 3.05) is 0 Å². The molecule has 0 amide bonds. The summed E-state index contributed by atoms with van der Waals surface area (Å²) in [7, 11) is 0. The molecule has 3 atom stereocenters. The predicted molar refractivity (Wildman–Crippen MR) is 124 cm³/mol. The highest BCUT2D eigenvalue weighted by Crippen LogP contribution is 2.69. The van der Waals surface area contributed by atoms with Crippen LogP contribution in [0.15, 0.2) is 47.3 Å². The van der Waals surface area contributed by atoms with Gasteiger partial charge in [-0.1, -0.05) is 19.9 Å². The highest BCUT2D eigenvalue weighted by molar-refractivity contribution is 5.64. The molecule has 7 nitrogen and oxygen atoms in total. The van der Waals surface area contributed by atoms with Gasteiger partial charge in [0.25, 0.3) is 0 Å². The third-order valence-corrected chi connectivity index (χ3v) is 7.88. The van der Waals surface area contributed by atoms with Gasteiger partial charge in [-0.25, -0.2) is 18.7 Å². The van der Waals surface area contributed by atoms with E-state index in [4.69, 9.17) is 15.1 Å². The molecular formula is C26H24F2N6O. The summed E-state index contributed by atoms with van der Waals surface area (Å²) in [6.07, 6.45) is 6.60. The summed E-state index contributed by atoms with van der Waals surface area (Å²) in [5.41, 5.74) is 8.78. The number of hydrogen-bond acceptors (Lipinski definition) is 7. The van der Waals surface area contributed by atoms with Gasteiger partial charge < -0.3 is 10.2 Å². The number of oxazole rings is 1. The molecule has 35 heavy (non-hydrogen) atoms. The lowest BCUT2D eigenvalue weighted by atomic mass is 9.66. The first-order valence-electron chi connectivity index (χ1n) is 11.6. The minimum absolute atomic E-state index is 0.137. The van der Waals surface area contributed by atoms with Crippen LogP contribution < -0.4 is 5.73 Å². The van der Waals surface area contributed by atoms with Gasteiger partial charge in [-0.15, -0.1) is 5.10 Å². The van der Waals surface area contributed by atoms with Crippen molar-refractivity contribution in [2.24, 2.45) is 11.1 Å². The van der Waals surface area contributed by atoms with Gasteiger partial charge in [0, 0.05) is 12.2 Å². The fourth-order valence-corrected chi connectivity index (χ4v) is 6.04. The number of fused-ring (bicyclic) bond motifs is 5. The quantitative estimate of drug-likeness (QED) is 0.439. The zero-order valence-corrected chi connectivity index (χ0v) is 19.6. The van der Waals surface area contributed by atoms with E-state index in [0.29, 0.717) is 17.3 Å². The first kappa shape index (κ1) is 21.9. The molecule has 2 N–H and O–H groups in total. The van der Waals surface area contributed by atoms with Crippen molar-refractivity contribution in [3.05, 3.63) is 77.2 Å². The molecule has 0 saturated heterocycles. The predicted octanol–water partition coefficient (Wildman–Crippen LogP) is 5.09. The maximum absolute atomic E-state index is 14.5. The Labute approximate surface area is 200 Å². The lowest BCUT2D eigenvalue weighted by molar-refractivity contribution is 0.242. The zero-order chi connectivity index (χ0) is 24.5. The van der Waals surface area contributed by atoms with Crippen molar-refractivity contribution < 1.29 is 13.2 Å². The summed E-state index contributed by atoms with van der Waals surface area (Å²) in [5.74, 6) is -0.831. The van der Waals surface area contributed by atoms with E-state index in [2.05, 4.69) is 34.0 Å². The Morgan fingerprint density at radius 2 is 1.86 bits per heavy atom. The van der Waals surface area contributed by atoms with Crippen LogP contribution >= 0.6 is 0 Å². The van der Waals surface area contributed by atoms with E-state index < -0.39 is 17.0 Å². The fourth-order valence-electron chi connectivity index (χ4n) is 6.04. The minimum Gasteiger partial charge on any atom is -0.443 e. The van der Waals surface area contributed by atoms with Crippen LogP contribution in [-0.4, -0.2) is 25.1 Å². The topological polar surface area (TPSA) is 104 Å². The summed E-state index contributed by atoms with van der Waals surface area (Å²) in [6, 6.07) is 5.32. The standard InChI is InChI=1S/C26H24F2N6O/c1-13(29)20-12-35-24(32-20)19-10-30-11-21(31-19)26-8-7-15(25(26,2)3)14-9-18(33-34-23(14)26)22-16(27)5-4-6-17(22)28/h4-6,9-13,15H,7-8,29H2,1-3H3/t13-,15-,26-/m0/s1. The molecule has 0 radical (unpaired) electrons. The third-order valence-electron chi connectivity index (χ3n) is 7.88. The van der Waals surface area contributed by atoms with Gasteiger partial charge in [0.1, 0.15) is 23.6 Å². The Balaban J connectivity index is 1.49. The van der Waals surface area contributed by atoms with Crippen LogP contribution in [0.25, 0.3) is 22.8 Å². The SMILES string of the molecule is C[C@H](N)c1coc(-c2cncc([C@@]34CC[C@@H](c5cc(-c6c(F)cccc6F)nnc53)C4(C)C)n2)n1. The molecule has 2 aliphatic rings. The molecule has 0 unspecified atom stereocenters. The Kier molecular flexibility index (Phi) is 4.67. The number of benzene rings is 1. The van der Waals surface area contributed by atoms with Crippen molar-refractivity contribution in [1.29, 1.82) is 0 Å². The average Bonchev–Trinajstić information content (AvgIpc) is 3.48. The molecule has 178 valence electrons. The average molecular weight is 475 g/mol. The summed E-state index contributed by atoms with van der Waals surface area (Å²) in [4.78, 5) is 13.8. The smallest absolute Gasteiger partial charge is 0.246 e. The molecule has 3 heterocycles. The van der Waals surface area contributed by atoms with Crippen LogP contribution in [0.5, 0.6) is 0 Å². The molecule has 1 aromatic carbocycles. The number of nitrogens with two attached hydrogens (primary N) is 1. The molecule has 9 heteroatoms. The summed E-state index contributed by atoms with van der Waals surface area (Å²) in [6.45, 7) is 6.20. The van der Waals surface area contributed by atoms with E-state index in [1.165, 1.54) is 24.5 Å². The van der Waals surface area contributed by atoms with Gasteiger partial charge in [-0.2, -0.15) is 5.10 Å². The first-order valence-corrected chi connectivity index (χ1v) is 11.6. The van der Waals surface area contributed by atoms with E-state index in [0.717, 1.165) is 29.8 Å². The van der Waals surface area contributed by atoms with Crippen LogP contribution in [0.1, 0.15) is 68.2 Å². The largest absolute Gasteiger partial charge is 0.443 e. The van der Waals surface area contributed by atoms with Crippen LogP contribution in [0, 0.1) is 17.0 Å². The fraction of sp³-hybridized carbons (Fsp3) is 0.346. The zero-order valence-electron chi connectivity index (χ0n) is 19.6. The summed E-state index contributed by atoms with van der Waals surface area (Å²) < 4.78 is 34.6. The van der Waals surface area contributed by atoms with Crippen LogP contribution in [0.4, 0.5) is 8.78 Å². The maximum atomic E-state index is 14.5. The second kappa shape index (κ2) is 7.45. The minimum atomic E-state index is -0.660. The molecular weight excluding hydrogens is 450 g/mol. The second-order valence-corrected chi connectivity index (χ2v) is 10.0. The van der Waals surface area contributed by atoms with Crippen molar-refractivity contribution in [3.8, 4) is 22.8 Å². The van der Waals surface area contributed by atoms with Gasteiger partial charge in [-0.05, 0) is 54.9 Å². The Morgan fingerprint density at radius 1 is 1.09 bits per heavy atom. The van der Waals surface area contributed by atoms with Gasteiger partial charge in [0.05, 0.1) is 40.0 Å². The number of aromatic nitrogens is 5. The van der Waals surface area contributed by atoms with Gasteiger partial charge in [0.2, 0.25) is 5.89 Å². The van der Waals surface area contributed by atoms with E-state index in [9.17, 15) is 8.78 Å². The van der Waals surface area contributed by atoms with Crippen LogP contribution in [-0.2, 0) is 5.41 Å². The molecule has 4 aromatic rings. The second-order valence-electron chi connectivity index (χ2n) is 10.0. The number of hydrogen-bond donors (Lipinski definition) is 1. The Morgan fingerprint density at radius 3 is 2.57 bits per heavy atom. The van der Waals surface area contributed by atoms with Crippen LogP contribution in [0.2, 0.25) is 0 Å². The molecule has 0 aliphatic heterocycles. The Hall–Kier alpha value is -3.59. The molecule has 2 aliphatic carbocycles. The third kappa shape index (κ3) is 2.94. The number of rotatable bonds is 4. The van der Waals surface area contributed by atoms with Crippen molar-refractivity contribution in [1.82, 2.24) is 25.1 Å². The number of nitrogens with zero attached hydrogens (tertiary/aromatic N) is 5. The monoisotopic (exact) mass is 474 g/mol. The Bertz CT molecular complexity index is 1450. The van der Waals surface area contributed by atoms with Gasteiger partial charge in [-0.3, -0.25) is 4.98 Å². The van der Waals surface area contributed by atoms with E-state index in [-0.39, 0.29) is 28.6 Å². The van der Waals surface area contributed by atoms with Gasteiger partial charge >= 0.3 is 0 Å². The van der Waals surface area contributed by atoms with Gasteiger partial charge in [0.15, 0.2) is 0 Å². The highest BCUT2D eigenvalue weighted by atomic mass is 19.1. The summed E-state index contributed by atoms with van der Waals surface area (Å²) in [5, 5.41) is 8.85. The first-order chi connectivity index (χ1) is 16.7. The molecule has 0 spiro atoms. The lowest BCUT2D eigenvalue weighted by Gasteiger charge is -2.37. The lowest BCUT2D eigenvalue weighted by Crippen LogP contribution is -2.38. The van der Waals surface area contributed by atoms with Crippen molar-refractivity contribution in [3.63, 3.8) is 0 Å². The van der Waals surface area contributed by atoms with Crippen LogP contribution in [0.3, 0.4) is 0 Å². The molecule has 2 bridgehead atoms. The molecule has 1 saturated carbocycles. The van der Waals surface area contributed by atoms with E-state index in [1.54, 1.807) is 18.5 Å². The highest BCUT2D eigenvalue weighted by Gasteiger charge is 2.65. The number of halogens is 2. The van der Waals surface area contributed by atoms with E-state index >= 15 is 0 Å². The van der Waals surface area contributed by atoms with E-state index in [1.807, 2.05) is 6.92 Å². The molecule has 6 rings (SSSR count). The van der Waals surface area contributed by atoms with Crippen molar-refractivity contribution in [2.45, 2.75) is 51.0 Å². The normalized spacial score (nSPS) is 22.9. The van der Waals surface area contributed by atoms with Crippen molar-refractivity contribution >= 4 is 0 Å². The summed E-state index contributed by atoms with van der Waals surface area (Å²) >= 11 is 0.